The zero-order valence-electron chi connectivity index (χ0n) is 14.6. The number of nitrogens with one attached hydrogen (secondary N) is 1. The molecule has 1 atom stereocenters. The van der Waals surface area contributed by atoms with Gasteiger partial charge in [0.25, 0.3) is 0 Å². The van der Waals surface area contributed by atoms with E-state index in [1.165, 1.54) is 19.3 Å². The minimum absolute atomic E-state index is 0.0914. The predicted molar refractivity (Wildman–Crippen MR) is 98.8 cm³/mol. The molecule has 1 aliphatic carbocycles. The zero-order valence-corrected chi connectivity index (χ0v) is 14.6. The number of nitrogens with zero attached hydrogens (tertiary/aromatic N) is 6. The largest absolute Gasteiger partial charge is 0.394 e. The molecule has 4 heterocycles. The lowest BCUT2D eigenvalue weighted by atomic mass is 9.93. The van der Waals surface area contributed by atoms with Crippen LogP contribution in [0.4, 0.5) is 17.6 Å². The molecule has 2 N–H and O–H groups in total. The average molecular weight is 353 g/mol. The van der Waals surface area contributed by atoms with E-state index in [9.17, 15) is 5.11 Å². The number of anilines is 3. The third kappa shape index (κ3) is 2.61. The predicted octanol–water partition coefficient (Wildman–Crippen LogP) is 2.36. The number of aliphatic hydroxyl groups excluding tert-OH is 1. The summed E-state index contributed by atoms with van der Waals surface area (Å²) in [7, 11) is 0. The van der Waals surface area contributed by atoms with Gasteiger partial charge in [-0.1, -0.05) is 0 Å². The van der Waals surface area contributed by atoms with Crippen LogP contribution in [0.5, 0.6) is 0 Å². The Hall–Kier alpha value is -2.61. The Morgan fingerprint density at radius 3 is 2.96 bits per heavy atom. The fraction of sp³-hybridized carbons (Fsp3) is 0.500. The van der Waals surface area contributed by atoms with Crippen LogP contribution in [0.15, 0.2) is 30.9 Å². The molecule has 1 aliphatic heterocycles. The Morgan fingerprint density at radius 2 is 2.15 bits per heavy atom. The van der Waals surface area contributed by atoms with Crippen LogP contribution in [0.3, 0.4) is 0 Å². The molecule has 8 nitrogen and oxygen atoms in total. The van der Waals surface area contributed by atoms with Crippen molar-refractivity contribution < 1.29 is 5.11 Å². The molecular formula is C18H23N7O. The maximum atomic E-state index is 9.63. The molecule has 0 bridgehead atoms. The summed E-state index contributed by atoms with van der Waals surface area (Å²) in [6, 6.07) is 4.62. The fourth-order valence-electron chi connectivity index (χ4n) is 3.83. The van der Waals surface area contributed by atoms with Gasteiger partial charge < -0.3 is 19.9 Å². The number of rotatable bonds is 5. The molecule has 136 valence electrons. The maximum Gasteiger partial charge on any atom is 0.245 e. The van der Waals surface area contributed by atoms with Crippen LogP contribution in [0.1, 0.15) is 38.1 Å². The van der Waals surface area contributed by atoms with Crippen molar-refractivity contribution >= 4 is 23.1 Å². The SMILES string of the molecule is OCC1CCCN1c1nc(Nc2cn(C3CCC3)cn2)c2cccn2n1. The van der Waals surface area contributed by atoms with Crippen LogP contribution < -0.4 is 10.2 Å². The fourth-order valence-corrected chi connectivity index (χ4v) is 3.83. The highest BCUT2D eigenvalue weighted by Gasteiger charge is 2.27. The van der Waals surface area contributed by atoms with Gasteiger partial charge in [-0.15, -0.1) is 5.10 Å². The summed E-state index contributed by atoms with van der Waals surface area (Å²) < 4.78 is 4.02. The van der Waals surface area contributed by atoms with Gasteiger partial charge in [0.05, 0.1) is 19.0 Å². The lowest BCUT2D eigenvalue weighted by molar-refractivity contribution is 0.265. The van der Waals surface area contributed by atoms with E-state index in [4.69, 9.17) is 4.98 Å². The summed E-state index contributed by atoms with van der Waals surface area (Å²) in [6.45, 7) is 0.995. The summed E-state index contributed by atoms with van der Waals surface area (Å²) in [4.78, 5) is 11.3. The van der Waals surface area contributed by atoms with E-state index in [1.807, 2.05) is 29.2 Å². The van der Waals surface area contributed by atoms with Gasteiger partial charge in [0.1, 0.15) is 11.3 Å². The zero-order chi connectivity index (χ0) is 17.5. The topological polar surface area (TPSA) is 83.5 Å². The van der Waals surface area contributed by atoms with Crippen molar-refractivity contribution in [3.63, 3.8) is 0 Å². The molecule has 0 spiro atoms. The standard InChI is InChI=1S/C18H23N7O/c26-11-14-6-2-8-24(14)18-21-17(15-7-3-9-25(15)22-18)20-16-10-23(12-19-16)13-4-1-5-13/h3,7,9-10,12-14,26H,1-2,4-6,8,11H2,(H,20,21,22). The first kappa shape index (κ1) is 15.6. The van der Waals surface area contributed by atoms with E-state index in [0.29, 0.717) is 12.0 Å². The number of fused-ring (bicyclic) bond motifs is 1. The number of aliphatic hydroxyl groups is 1. The summed E-state index contributed by atoms with van der Waals surface area (Å²) >= 11 is 0. The molecule has 0 amide bonds. The van der Waals surface area contributed by atoms with E-state index in [-0.39, 0.29) is 12.6 Å². The van der Waals surface area contributed by atoms with Crippen LogP contribution in [0, 0.1) is 0 Å². The van der Waals surface area contributed by atoms with Gasteiger partial charge in [-0.25, -0.2) is 9.50 Å². The first-order valence-corrected chi connectivity index (χ1v) is 9.35. The second-order valence-corrected chi connectivity index (χ2v) is 7.19. The molecule has 26 heavy (non-hydrogen) atoms. The van der Waals surface area contributed by atoms with Crippen LogP contribution in [-0.2, 0) is 0 Å². The Kier molecular flexibility index (Phi) is 3.77. The molecule has 2 fully saturated rings. The summed E-state index contributed by atoms with van der Waals surface area (Å²) in [5.41, 5.74) is 0.909. The monoisotopic (exact) mass is 353 g/mol. The number of hydrogen-bond acceptors (Lipinski definition) is 6. The van der Waals surface area contributed by atoms with Gasteiger partial charge in [-0.05, 0) is 44.2 Å². The Labute approximate surface area is 151 Å². The smallest absolute Gasteiger partial charge is 0.245 e. The minimum atomic E-state index is 0.0914. The van der Waals surface area contributed by atoms with Crippen molar-refractivity contribution in [1.82, 2.24) is 24.1 Å². The highest BCUT2D eigenvalue weighted by atomic mass is 16.3. The van der Waals surface area contributed by atoms with Crippen LogP contribution >= 0.6 is 0 Å². The Balaban J connectivity index is 1.48. The minimum Gasteiger partial charge on any atom is -0.394 e. The van der Waals surface area contributed by atoms with E-state index < -0.39 is 0 Å². The number of aromatic nitrogens is 5. The number of hydrogen-bond donors (Lipinski definition) is 2. The van der Waals surface area contributed by atoms with Gasteiger partial charge in [-0.3, -0.25) is 0 Å². The normalized spacial score (nSPS) is 20.7. The van der Waals surface area contributed by atoms with E-state index in [2.05, 4.69) is 31.1 Å². The molecule has 0 radical (unpaired) electrons. The van der Waals surface area contributed by atoms with Crippen LogP contribution in [-0.4, -0.2) is 48.4 Å². The molecule has 3 aromatic heterocycles. The van der Waals surface area contributed by atoms with Crippen LogP contribution in [0.25, 0.3) is 5.52 Å². The molecule has 1 saturated carbocycles. The maximum absolute atomic E-state index is 9.63. The van der Waals surface area contributed by atoms with E-state index in [0.717, 1.165) is 36.5 Å². The first-order valence-electron chi connectivity index (χ1n) is 9.35. The molecule has 5 rings (SSSR count). The molecule has 0 aromatic carbocycles. The Morgan fingerprint density at radius 1 is 1.23 bits per heavy atom. The van der Waals surface area contributed by atoms with E-state index >= 15 is 0 Å². The van der Waals surface area contributed by atoms with Gasteiger partial charge in [0.15, 0.2) is 5.82 Å². The van der Waals surface area contributed by atoms with Crippen molar-refractivity contribution in [1.29, 1.82) is 0 Å². The van der Waals surface area contributed by atoms with Crippen molar-refractivity contribution in [3.8, 4) is 0 Å². The molecule has 3 aromatic rings. The first-order chi connectivity index (χ1) is 12.8. The Bertz CT molecular complexity index is 913. The second kappa shape index (κ2) is 6.28. The average Bonchev–Trinajstić information content (AvgIpc) is 3.33. The summed E-state index contributed by atoms with van der Waals surface area (Å²) in [5, 5.41) is 17.6. The third-order valence-electron chi connectivity index (χ3n) is 5.57. The van der Waals surface area contributed by atoms with Gasteiger partial charge in [0, 0.05) is 25.0 Å². The second-order valence-electron chi connectivity index (χ2n) is 7.19. The van der Waals surface area contributed by atoms with Crippen molar-refractivity contribution in [2.24, 2.45) is 0 Å². The van der Waals surface area contributed by atoms with Gasteiger partial charge in [-0.2, -0.15) is 4.98 Å². The quantitative estimate of drug-likeness (QED) is 0.733. The van der Waals surface area contributed by atoms with Crippen molar-refractivity contribution in [3.05, 3.63) is 30.9 Å². The number of imidazole rings is 1. The van der Waals surface area contributed by atoms with E-state index in [1.54, 1.807) is 0 Å². The molecule has 2 aliphatic rings. The highest BCUT2D eigenvalue weighted by Crippen LogP contribution is 2.32. The summed E-state index contributed by atoms with van der Waals surface area (Å²) in [5.74, 6) is 2.18. The lowest BCUT2D eigenvalue weighted by Gasteiger charge is -2.26. The van der Waals surface area contributed by atoms with Crippen molar-refractivity contribution in [2.45, 2.75) is 44.2 Å². The molecular weight excluding hydrogens is 330 g/mol. The van der Waals surface area contributed by atoms with Crippen LogP contribution in [0.2, 0.25) is 0 Å². The molecule has 1 unspecified atom stereocenters. The van der Waals surface area contributed by atoms with Gasteiger partial charge >= 0.3 is 0 Å². The molecule has 1 saturated heterocycles. The molecule has 8 heteroatoms. The highest BCUT2D eigenvalue weighted by molar-refractivity contribution is 5.73. The van der Waals surface area contributed by atoms with Gasteiger partial charge in [0.2, 0.25) is 5.95 Å². The summed E-state index contributed by atoms with van der Waals surface area (Å²) in [6.07, 6.45) is 11.6. The van der Waals surface area contributed by atoms with Crippen molar-refractivity contribution in [2.75, 3.05) is 23.4 Å². The lowest BCUT2D eigenvalue weighted by Crippen LogP contribution is -2.34. The third-order valence-corrected chi connectivity index (χ3v) is 5.57.